The maximum absolute atomic E-state index is 8.77. The molecule has 2 aromatic heterocycles. The Hall–Kier alpha value is -2.30. The van der Waals surface area contributed by atoms with E-state index in [0.29, 0.717) is 49.0 Å². The average Bonchev–Trinajstić information content (AvgIpc) is 3.06. The zero-order valence-electron chi connectivity index (χ0n) is 11.6. The van der Waals surface area contributed by atoms with Crippen LogP contribution in [0, 0.1) is 11.3 Å². The molecule has 0 radical (unpaired) electrons. The summed E-state index contributed by atoms with van der Waals surface area (Å²) in [6.07, 6.45) is 2.84. The van der Waals surface area contributed by atoms with Gasteiger partial charge in [-0.1, -0.05) is 5.16 Å². The Morgan fingerprint density at radius 3 is 2.76 bits per heavy atom. The van der Waals surface area contributed by atoms with Crippen molar-refractivity contribution in [1.29, 1.82) is 5.26 Å². The summed E-state index contributed by atoms with van der Waals surface area (Å²) >= 11 is 0. The van der Waals surface area contributed by atoms with E-state index in [-0.39, 0.29) is 0 Å². The Labute approximate surface area is 121 Å². The summed E-state index contributed by atoms with van der Waals surface area (Å²) in [6.45, 7) is 1.21. The lowest BCUT2D eigenvalue weighted by molar-refractivity contribution is -0.101. The van der Waals surface area contributed by atoms with Crippen LogP contribution in [0.1, 0.15) is 24.2 Å². The first-order valence-corrected chi connectivity index (χ1v) is 6.61. The smallest absolute Gasteiger partial charge is 0.276 e. The van der Waals surface area contributed by atoms with E-state index in [0.717, 1.165) is 0 Å². The molecule has 0 bridgehead atoms. The predicted molar refractivity (Wildman–Crippen MR) is 71.0 cm³/mol. The predicted octanol–water partition coefficient (Wildman–Crippen LogP) is 1.66. The molecule has 2 aromatic rings. The number of hydrogen-bond acceptors (Lipinski definition) is 7. The lowest BCUT2D eigenvalue weighted by Gasteiger charge is -2.32. The van der Waals surface area contributed by atoms with Gasteiger partial charge in [-0.25, -0.2) is 4.98 Å². The molecule has 3 heterocycles. The summed E-state index contributed by atoms with van der Waals surface area (Å²) in [5, 5.41) is 12.8. The van der Waals surface area contributed by atoms with Crippen LogP contribution in [-0.4, -0.2) is 35.4 Å². The van der Waals surface area contributed by atoms with Crippen LogP contribution in [-0.2, 0) is 15.1 Å². The molecule has 108 valence electrons. The first-order chi connectivity index (χ1) is 10.3. The molecule has 0 N–H and O–H groups in total. The average molecular weight is 286 g/mol. The van der Waals surface area contributed by atoms with E-state index in [2.05, 4.69) is 15.1 Å². The van der Waals surface area contributed by atoms with Crippen molar-refractivity contribution in [2.75, 3.05) is 20.3 Å². The van der Waals surface area contributed by atoms with E-state index in [4.69, 9.17) is 19.3 Å². The van der Waals surface area contributed by atoms with Gasteiger partial charge in [0.2, 0.25) is 5.82 Å². The third kappa shape index (κ3) is 2.51. The van der Waals surface area contributed by atoms with Gasteiger partial charge in [0.25, 0.3) is 5.89 Å². The van der Waals surface area contributed by atoms with E-state index < -0.39 is 5.60 Å². The standard InChI is InChI=1S/C14H14N4O3/c1-19-14(4-6-20-7-5-14)13-17-12(21-18-13)11-3-2-10(8-15)9-16-11/h2-3,9H,4-7H2,1H3. The first-order valence-electron chi connectivity index (χ1n) is 6.61. The normalized spacial score (nSPS) is 17.3. The topological polar surface area (TPSA) is 94.1 Å². The van der Waals surface area contributed by atoms with Crippen LogP contribution in [0.4, 0.5) is 0 Å². The zero-order valence-corrected chi connectivity index (χ0v) is 11.6. The summed E-state index contributed by atoms with van der Waals surface area (Å²) in [7, 11) is 1.64. The number of rotatable bonds is 3. The summed E-state index contributed by atoms with van der Waals surface area (Å²) < 4.78 is 16.3. The third-order valence-electron chi connectivity index (χ3n) is 3.64. The fourth-order valence-corrected chi connectivity index (χ4v) is 2.32. The molecule has 0 amide bonds. The Morgan fingerprint density at radius 1 is 1.33 bits per heavy atom. The highest BCUT2D eigenvalue weighted by Crippen LogP contribution is 2.34. The number of methoxy groups -OCH3 is 1. The number of nitriles is 1. The highest BCUT2D eigenvalue weighted by atomic mass is 16.5. The van der Waals surface area contributed by atoms with E-state index >= 15 is 0 Å². The number of ether oxygens (including phenoxy) is 2. The van der Waals surface area contributed by atoms with Crippen LogP contribution < -0.4 is 0 Å². The molecule has 1 fully saturated rings. The maximum Gasteiger partial charge on any atom is 0.276 e. The van der Waals surface area contributed by atoms with Crippen molar-refractivity contribution in [3.8, 4) is 17.7 Å². The molecule has 0 aliphatic carbocycles. The van der Waals surface area contributed by atoms with Gasteiger partial charge in [0.1, 0.15) is 17.4 Å². The van der Waals surface area contributed by atoms with Crippen LogP contribution in [0.25, 0.3) is 11.6 Å². The lowest BCUT2D eigenvalue weighted by atomic mass is 9.93. The minimum Gasteiger partial charge on any atom is -0.381 e. The molecule has 0 atom stereocenters. The van der Waals surface area contributed by atoms with Gasteiger partial charge >= 0.3 is 0 Å². The highest BCUT2D eigenvalue weighted by molar-refractivity contribution is 5.47. The highest BCUT2D eigenvalue weighted by Gasteiger charge is 2.39. The van der Waals surface area contributed by atoms with Crippen LogP contribution in [0.15, 0.2) is 22.9 Å². The van der Waals surface area contributed by atoms with Crippen LogP contribution in [0.3, 0.4) is 0 Å². The molecule has 0 spiro atoms. The minimum atomic E-state index is -0.563. The summed E-state index contributed by atoms with van der Waals surface area (Å²) in [6, 6.07) is 5.35. The van der Waals surface area contributed by atoms with Crippen molar-refractivity contribution in [3.63, 3.8) is 0 Å². The minimum absolute atomic E-state index is 0.317. The summed E-state index contributed by atoms with van der Waals surface area (Å²) in [5.41, 5.74) is 0.453. The summed E-state index contributed by atoms with van der Waals surface area (Å²) in [4.78, 5) is 8.54. The second kappa shape index (κ2) is 5.60. The number of hydrogen-bond donors (Lipinski definition) is 0. The van der Waals surface area contributed by atoms with Gasteiger partial charge in [0.05, 0.1) is 5.56 Å². The van der Waals surface area contributed by atoms with Gasteiger partial charge in [0, 0.05) is 39.4 Å². The van der Waals surface area contributed by atoms with Crippen molar-refractivity contribution in [3.05, 3.63) is 29.7 Å². The van der Waals surface area contributed by atoms with E-state index in [1.54, 1.807) is 19.2 Å². The SMILES string of the molecule is COC1(c2noc(-c3ccc(C#N)cn3)n2)CCOCC1. The van der Waals surface area contributed by atoms with Gasteiger partial charge in [-0.2, -0.15) is 10.2 Å². The molecule has 1 aliphatic rings. The van der Waals surface area contributed by atoms with Gasteiger partial charge in [-0.05, 0) is 12.1 Å². The number of pyridine rings is 1. The van der Waals surface area contributed by atoms with E-state index in [1.165, 1.54) is 6.20 Å². The second-order valence-corrected chi connectivity index (χ2v) is 4.78. The molecular formula is C14H14N4O3. The Kier molecular flexibility index (Phi) is 3.64. The molecule has 1 aliphatic heterocycles. The molecule has 0 saturated carbocycles. The van der Waals surface area contributed by atoms with Crippen molar-refractivity contribution in [2.45, 2.75) is 18.4 Å². The third-order valence-corrected chi connectivity index (χ3v) is 3.64. The Bertz CT molecular complexity index is 654. The van der Waals surface area contributed by atoms with Crippen molar-refractivity contribution in [2.24, 2.45) is 0 Å². The monoisotopic (exact) mass is 286 g/mol. The van der Waals surface area contributed by atoms with Crippen molar-refractivity contribution < 1.29 is 14.0 Å². The van der Waals surface area contributed by atoms with Crippen molar-refractivity contribution >= 4 is 0 Å². The van der Waals surface area contributed by atoms with Gasteiger partial charge < -0.3 is 14.0 Å². The number of nitrogens with zero attached hydrogens (tertiary/aromatic N) is 4. The zero-order chi connectivity index (χ0) is 14.7. The lowest BCUT2D eigenvalue weighted by Crippen LogP contribution is -2.36. The van der Waals surface area contributed by atoms with Crippen molar-refractivity contribution in [1.82, 2.24) is 15.1 Å². The Balaban J connectivity index is 1.90. The molecule has 1 saturated heterocycles. The fourth-order valence-electron chi connectivity index (χ4n) is 2.32. The quantitative estimate of drug-likeness (QED) is 0.846. The van der Waals surface area contributed by atoms with Crippen LogP contribution in [0.5, 0.6) is 0 Å². The molecule has 3 rings (SSSR count). The van der Waals surface area contributed by atoms with E-state index in [9.17, 15) is 0 Å². The summed E-state index contributed by atoms with van der Waals surface area (Å²) in [5.74, 6) is 0.826. The molecule has 7 heteroatoms. The molecule has 7 nitrogen and oxygen atoms in total. The second-order valence-electron chi connectivity index (χ2n) is 4.78. The molecule has 21 heavy (non-hydrogen) atoms. The first kappa shape index (κ1) is 13.7. The van der Waals surface area contributed by atoms with Crippen LogP contribution in [0.2, 0.25) is 0 Å². The van der Waals surface area contributed by atoms with Crippen LogP contribution >= 0.6 is 0 Å². The molecule has 0 unspecified atom stereocenters. The molecule has 0 aromatic carbocycles. The van der Waals surface area contributed by atoms with Gasteiger partial charge in [-0.15, -0.1) is 0 Å². The van der Waals surface area contributed by atoms with Gasteiger partial charge in [0.15, 0.2) is 0 Å². The number of aromatic nitrogens is 3. The van der Waals surface area contributed by atoms with Gasteiger partial charge in [-0.3, -0.25) is 0 Å². The van der Waals surface area contributed by atoms with E-state index in [1.807, 2.05) is 6.07 Å². The molecular weight excluding hydrogens is 272 g/mol. The Morgan fingerprint density at radius 2 is 2.14 bits per heavy atom. The fraction of sp³-hybridized carbons (Fsp3) is 0.429. The largest absolute Gasteiger partial charge is 0.381 e. The maximum atomic E-state index is 8.77.